The van der Waals surface area contributed by atoms with E-state index in [1.165, 1.54) is 0 Å². The lowest BCUT2D eigenvalue weighted by Gasteiger charge is -2.11. The molecule has 1 aromatic carbocycles. The fourth-order valence-electron chi connectivity index (χ4n) is 1.71. The number of nitrogen functional groups attached to an aromatic ring is 1. The fourth-order valence-corrected chi connectivity index (χ4v) is 1.71. The Morgan fingerprint density at radius 1 is 1.45 bits per heavy atom. The zero-order chi connectivity index (χ0) is 14.7. The lowest BCUT2D eigenvalue weighted by molar-refractivity contribution is 0.0692. The zero-order valence-corrected chi connectivity index (χ0v) is 10.9. The molecule has 2 rings (SSSR count). The third kappa shape index (κ3) is 3.03. The molecular formula is C14H14FN3O2. The second-order valence-corrected chi connectivity index (χ2v) is 4.39. The van der Waals surface area contributed by atoms with Crippen LogP contribution < -0.4 is 11.1 Å². The van der Waals surface area contributed by atoms with Gasteiger partial charge in [-0.15, -0.1) is 0 Å². The standard InChI is InChI=1S/C14H14FN3O2/c1-8-2-3-9(6-17-8)7-18-13-5-11(15)10(14(19)20)4-12(13)16/h2-6,18H,7,16H2,1H3,(H,19,20). The Balaban J connectivity index is 2.16. The first-order valence-electron chi connectivity index (χ1n) is 5.95. The van der Waals surface area contributed by atoms with Gasteiger partial charge in [0.05, 0.1) is 16.9 Å². The van der Waals surface area contributed by atoms with E-state index in [1.54, 1.807) is 6.20 Å². The van der Waals surface area contributed by atoms with Gasteiger partial charge in [0, 0.05) is 18.4 Å². The van der Waals surface area contributed by atoms with Crippen molar-refractivity contribution in [3.8, 4) is 0 Å². The minimum atomic E-state index is -1.34. The number of hydrogen-bond acceptors (Lipinski definition) is 4. The highest BCUT2D eigenvalue weighted by Gasteiger charge is 2.13. The van der Waals surface area contributed by atoms with Crippen LogP contribution in [0.25, 0.3) is 0 Å². The summed E-state index contributed by atoms with van der Waals surface area (Å²) in [6, 6.07) is 5.95. The van der Waals surface area contributed by atoms with Crippen molar-refractivity contribution in [2.24, 2.45) is 0 Å². The Labute approximate surface area is 115 Å². The average molecular weight is 275 g/mol. The minimum Gasteiger partial charge on any atom is -0.478 e. The maximum absolute atomic E-state index is 13.6. The third-order valence-corrected chi connectivity index (χ3v) is 2.83. The van der Waals surface area contributed by atoms with Gasteiger partial charge in [-0.25, -0.2) is 9.18 Å². The van der Waals surface area contributed by atoms with Crippen molar-refractivity contribution in [2.75, 3.05) is 11.1 Å². The summed E-state index contributed by atoms with van der Waals surface area (Å²) < 4.78 is 13.6. The number of nitrogens with one attached hydrogen (secondary N) is 1. The van der Waals surface area contributed by atoms with Crippen LogP contribution in [-0.2, 0) is 6.54 Å². The molecule has 0 bridgehead atoms. The second kappa shape index (κ2) is 5.56. The molecule has 0 unspecified atom stereocenters. The van der Waals surface area contributed by atoms with Crippen LogP contribution in [0.2, 0.25) is 0 Å². The van der Waals surface area contributed by atoms with Crippen LogP contribution in [0.15, 0.2) is 30.5 Å². The van der Waals surface area contributed by atoms with Crippen LogP contribution in [-0.4, -0.2) is 16.1 Å². The maximum Gasteiger partial charge on any atom is 0.338 e. The summed E-state index contributed by atoms with van der Waals surface area (Å²) in [7, 11) is 0. The Bertz CT molecular complexity index is 642. The Hall–Kier alpha value is -2.63. The molecule has 0 atom stereocenters. The molecule has 0 saturated heterocycles. The van der Waals surface area contributed by atoms with Crippen molar-refractivity contribution in [1.29, 1.82) is 0 Å². The van der Waals surface area contributed by atoms with Crippen LogP contribution in [0.5, 0.6) is 0 Å². The number of anilines is 2. The molecular weight excluding hydrogens is 261 g/mol. The molecule has 0 aliphatic carbocycles. The number of nitrogens with two attached hydrogens (primary N) is 1. The van der Waals surface area contributed by atoms with Gasteiger partial charge in [-0.1, -0.05) is 6.07 Å². The van der Waals surface area contributed by atoms with Gasteiger partial charge in [0.1, 0.15) is 5.82 Å². The van der Waals surface area contributed by atoms with Crippen LogP contribution >= 0.6 is 0 Å². The van der Waals surface area contributed by atoms with Gasteiger partial charge in [0.15, 0.2) is 0 Å². The lowest BCUT2D eigenvalue weighted by Crippen LogP contribution is -2.07. The number of carbonyl (C=O) groups is 1. The van der Waals surface area contributed by atoms with Gasteiger partial charge in [-0.2, -0.15) is 0 Å². The van der Waals surface area contributed by atoms with Crippen molar-refractivity contribution >= 4 is 17.3 Å². The summed E-state index contributed by atoms with van der Waals surface area (Å²) in [6.45, 7) is 2.30. The van der Waals surface area contributed by atoms with E-state index >= 15 is 0 Å². The van der Waals surface area contributed by atoms with E-state index in [1.807, 2.05) is 19.1 Å². The molecule has 6 heteroatoms. The Kier molecular flexibility index (Phi) is 3.84. The molecule has 0 spiro atoms. The van der Waals surface area contributed by atoms with Crippen LogP contribution in [0.3, 0.4) is 0 Å². The van der Waals surface area contributed by atoms with E-state index in [9.17, 15) is 9.18 Å². The molecule has 0 fully saturated rings. The van der Waals surface area contributed by atoms with Gasteiger partial charge in [0.25, 0.3) is 0 Å². The van der Waals surface area contributed by atoms with E-state index < -0.39 is 17.3 Å². The number of aromatic carboxylic acids is 1. The van der Waals surface area contributed by atoms with E-state index in [2.05, 4.69) is 10.3 Å². The average Bonchev–Trinajstić information content (AvgIpc) is 2.41. The first kappa shape index (κ1) is 13.8. The molecule has 5 nitrogen and oxygen atoms in total. The first-order chi connectivity index (χ1) is 9.47. The van der Waals surface area contributed by atoms with E-state index in [-0.39, 0.29) is 5.69 Å². The Morgan fingerprint density at radius 2 is 2.20 bits per heavy atom. The van der Waals surface area contributed by atoms with Crippen LogP contribution in [0, 0.1) is 12.7 Å². The smallest absolute Gasteiger partial charge is 0.338 e. The summed E-state index contributed by atoms with van der Waals surface area (Å²) >= 11 is 0. The largest absolute Gasteiger partial charge is 0.478 e. The SMILES string of the molecule is Cc1ccc(CNc2cc(F)c(C(=O)O)cc2N)cn1. The molecule has 1 aromatic heterocycles. The number of carboxylic acids is 1. The molecule has 4 N–H and O–H groups in total. The number of carboxylic acid groups (broad SMARTS) is 1. The molecule has 104 valence electrons. The molecule has 1 heterocycles. The number of pyridine rings is 1. The van der Waals surface area contributed by atoms with Gasteiger partial charge >= 0.3 is 5.97 Å². The van der Waals surface area contributed by atoms with Gasteiger partial charge in [0.2, 0.25) is 0 Å². The number of benzene rings is 1. The highest BCUT2D eigenvalue weighted by Crippen LogP contribution is 2.23. The van der Waals surface area contributed by atoms with E-state index in [0.717, 1.165) is 23.4 Å². The minimum absolute atomic E-state index is 0.184. The molecule has 0 amide bonds. The highest BCUT2D eigenvalue weighted by atomic mass is 19.1. The quantitative estimate of drug-likeness (QED) is 0.746. The lowest BCUT2D eigenvalue weighted by atomic mass is 10.1. The number of aromatic nitrogens is 1. The summed E-state index contributed by atoms with van der Waals surface area (Å²) in [6.07, 6.45) is 1.71. The second-order valence-electron chi connectivity index (χ2n) is 4.39. The molecule has 20 heavy (non-hydrogen) atoms. The van der Waals surface area contributed by atoms with Crippen molar-refractivity contribution in [1.82, 2.24) is 4.98 Å². The topological polar surface area (TPSA) is 88.2 Å². The molecule has 0 aliphatic heterocycles. The predicted molar refractivity (Wildman–Crippen MR) is 74.1 cm³/mol. The number of nitrogens with zero attached hydrogens (tertiary/aromatic N) is 1. The normalized spacial score (nSPS) is 10.3. The number of halogens is 1. The van der Waals surface area contributed by atoms with E-state index in [0.29, 0.717) is 12.2 Å². The Morgan fingerprint density at radius 3 is 2.80 bits per heavy atom. The molecule has 0 aliphatic rings. The van der Waals surface area contributed by atoms with Crippen molar-refractivity contribution in [3.63, 3.8) is 0 Å². The van der Waals surface area contributed by atoms with Crippen molar-refractivity contribution < 1.29 is 14.3 Å². The summed E-state index contributed by atoms with van der Waals surface area (Å²) in [4.78, 5) is 14.9. The van der Waals surface area contributed by atoms with E-state index in [4.69, 9.17) is 10.8 Å². The summed E-state index contributed by atoms with van der Waals surface area (Å²) in [5, 5.41) is 11.7. The van der Waals surface area contributed by atoms with Crippen LogP contribution in [0.4, 0.5) is 15.8 Å². The van der Waals surface area contributed by atoms with Gasteiger partial charge in [-0.3, -0.25) is 4.98 Å². The molecule has 2 aromatic rings. The van der Waals surface area contributed by atoms with Crippen molar-refractivity contribution in [3.05, 3.63) is 53.1 Å². The number of rotatable bonds is 4. The maximum atomic E-state index is 13.6. The third-order valence-electron chi connectivity index (χ3n) is 2.83. The van der Waals surface area contributed by atoms with Crippen molar-refractivity contribution in [2.45, 2.75) is 13.5 Å². The molecule has 0 saturated carbocycles. The van der Waals surface area contributed by atoms with Gasteiger partial charge < -0.3 is 16.2 Å². The monoisotopic (exact) mass is 275 g/mol. The predicted octanol–water partition coefficient (Wildman–Crippen LogP) is 2.42. The highest BCUT2D eigenvalue weighted by molar-refractivity contribution is 5.90. The zero-order valence-electron chi connectivity index (χ0n) is 10.9. The summed E-state index contributed by atoms with van der Waals surface area (Å²) in [5.74, 6) is -2.17. The summed E-state index contributed by atoms with van der Waals surface area (Å²) in [5.41, 5.74) is 7.63. The molecule has 0 radical (unpaired) electrons. The number of aryl methyl sites for hydroxylation is 1. The first-order valence-corrected chi connectivity index (χ1v) is 5.95. The fraction of sp³-hybridized carbons (Fsp3) is 0.143. The number of hydrogen-bond donors (Lipinski definition) is 3. The van der Waals surface area contributed by atoms with Gasteiger partial charge in [-0.05, 0) is 30.7 Å². The van der Waals surface area contributed by atoms with Crippen LogP contribution in [0.1, 0.15) is 21.6 Å².